The maximum atomic E-state index is 12.4. The van der Waals surface area contributed by atoms with Gasteiger partial charge in [0.2, 0.25) is 5.91 Å². The maximum Gasteiger partial charge on any atom is 0.234 e. The van der Waals surface area contributed by atoms with Gasteiger partial charge in [-0.15, -0.1) is 0 Å². The van der Waals surface area contributed by atoms with E-state index < -0.39 is 0 Å². The zero-order chi connectivity index (χ0) is 16.2. The summed E-state index contributed by atoms with van der Waals surface area (Å²) in [5.74, 6) is 0.438. The average Bonchev–Trinajstić information content (AvgIpc) is 2.44. The highest BCUT2D eigenvalue weighted by molar-refractivity contribution is 5.78. The molecular weight excluding hydrogens is 276 g/mol. The van der Waals surface area contributed by atoms with Gasteiger partial charge in [0.1, 0.15) is 0 Å². The molecule has 2 rings (SSSR count). The Morgan fingerprint density at radius 3 is 2.59 bits per heavy atom. The summed E-state index contributed by atoms with van der Waals surface area (Å²) in [4.78, 5) is 14.6. The molecule has 1 fully saturated rings. The van der Waals surface area contributed by atoms with Crippen LogP contribution in [0.2, 0.25) is 0 Å². The number of amides is 1. The Bertz CT molecular complexity index is 485. The van der Waals surface area contributed by atoms with Crippen LogP contribution in [0.1, 0.15) is 39.3 Å². The predicted molar refractivity (Wildman–Crippen MR) is 88.6 cm³/mol. The van der Waals surface area contributed by atoms with Crippen LogP contribution < -0.4 is 5.32 Å². The van der Waals surface area contributed by atoms with Gasteiger partial charge in [-0.25, -0.2) is 0 Å². The second-order valence-corrected chi connectivity index (χ2v) is 7.02. The molecule has 0 saturated carbocycles. The first-order valence-corrected chi connectivity index (χ1v) is 8.08. The Balaban J connectivity index is 1.94. The summed E-state index contributed by atoms with van der Waals surface area (Å²) in [6.45, 7) is 11.1. The largest absolute Gasteiger partial charge is 0.373 e. The van der Waals surface area contributed by atoms with Crippen molar-refractivity contribution >= 4 is 5.91 Å². The molecule has 0 radical (unpaired) electrons. The molecule has 1 saturated heterocycles. The van der Waals surface area contributed by atoms with Crippen molar-refractivity contribution in [2.45, 2.75) is 39.3 Å². The van der Waals surface area contributed by atoms with E-state index in [1.807, 2.05) is 18.2 Å². The molecule has 0 aromatic heterocycles. The van der Waals surface area contributed by atoms with Gasteiger partial charge < -0.3 is 10.1 Å². The van der Waals surface area contributed by atoms with Gasteiger partial charge in [-0.2, -0.15) is 0 Å². The summed E-state index contributed by atoms with van der Waals surface area (Å²) in [7, 11) is 0. The molecule has 1 amide bonds. The zero-order valence-electron chi connectivity index (χ0n) is 14.1. The van der Waals surface area contributed by atoms with E-state index >= 15 is 0 Å². The van der Waals surface area contributed by atoms with Crippen molar-refractivity contribution in [2.24, 2.45) is 5.92 Å². The van der Waals surface area contributed by atoms with Crippen molar-refractivity contribution in [3.05, 3.63) is 35.9 Å². The summed E-state index contributed by atoms with van der Waals surface area (Å²) in [5, 5.41) is 3.19. The number of carbonyl (C=O) groups is 1. The van der Waals surface area contributed by atoms with E-state index in [0.29, 0.717) is 19.1 Å². The van der Waals surface area contributed by atoms with Crippen LogP contribution in [0.25, 0.3) is 0 Å². The van der Waals surface area contributed by atoms with Crippen molar-refractivity contribution in [3.8, 4) is 0 Å². The number of nitrogens with zero attached hydrogens (tertiary/aromatic N) is 1. The summed E-state index contributed by atoms with van der Waals surface area (Å²) in [6.07, 6.45) is 0. The fraction of sp³-hybridized carbons (Fsp3) is 0.611. The molecule has 0 spiro atoms. The first-order valence-electron chi connectivity index (χ1n) is 8.08. The quantitative estimate of drug-likeness (QED) is 0.909. The highest BCUT2D eigenvalue weighted by atomic mass is 16.5. The van der Waals surface area contributed by atoms with E-state index in [9.17, 15) is 4.79 Å². The minimum atomic E-state index is -0.171. The monoisotopic (exact) mass is 304 g/mol. The lowest BCUT2D eigenvalue weighted by molar-refractivity contribution is -0.128. The van der Waals surface area contributed by atoms with E-state index in [4.69, 9.17) is 4.74 Å². The average molecular weight is 304 g/mol. The van der Waals surface area contributed by atoms with Crippen molar-refractivity contribution in [1.82, 2.24) is 10.2 Å². The molecule has 4 heteroatoms. The maximum absolute atomic E-state index is 12.4. The summed E-state index contributed by atoms with van der Waals surface area (Å²) >= 11 is 0. The molecule has 4 nitrogen and oxygen atoms in total. The fourth-order valence-electron chi connectivity index (χ4n) is 2.97. The minimum absolute atomic E-state index is 0.0581. The molecule has 0 bridgehead atoms. The third-order valence-corrected chi connectivity index (χ3v) is 4.01. The van der Waals surface area contributed by atoms with Gasteiger partial charge in [-0.05, 0) is 25.3 Å². The van der Waals surface area contributed by atoms with Gasteiger partial charge in [0.05, 0.1) is 24.8 Å². The van der Waals surface area contributed by atoms with Crippen LogP contribution in [-0.4, -0.2) is 42.6 Å². The van der Waals surface area contributed by atoms with Crippen LogP contribution in [0.5, 0.6) is 0 Å². The van der Waals surface area contributed by atoms with Crippen LogP contribution in [0.4, 0.5) is 0 Å². The summed E-state index contributed by atoms with van der Waals surface area (Å²) in [6, 6.07) is 10.2. The SMILES string of the molecule is CC(C)C(NC(=O)CN1CCOC(C)(C)C1)c1ccccc1. The van der Waals surface area contributed by atoms with Crippen molar-refractivity contribution in [2.75, 3.05) is 26.2 Å². The van der Waals surface area contributed by atoms with Gasteiger partial charge in [-0.1, -0.05) is 44.2 Å². The zero-order valence-corrected chi connectivity index (χ0v) is 14.1. The van der Waals surface area contributed by atoms with E-state index in [1.54, 1.807) is 0 Å². The van der Waals surface area contributed by atoms with Gasteiger partial charge in [0, 0.05) is 13.1 Å². The molecule has 1 unspecified atom stereocenters. The molecule has 1 aliphatic heterocycles. The van der Waals surface area contributed by atoms with Crippen LogP contribution >= 0.6 is 0 Å². The lowest BCUT2D eigenvalue weighted by Crippen LogP contribution is -2.51. The van der Waals surface area contributed by atoms with Crippen LogP contribution in [0, 0.1) is 5.92 Å². The van der Waals surface area contributed by atoms with E-state index in [2.05, 4.69) is 50.0 Å². The topological polar surface area (TPSA) is 41.6 Å². The number of benzene rings is 1. The molecule has 1 aromatic carbocycles. The van der Waals surface area contributed by atoms with E-state index in [0.717, 1.165) is 18.7 Å². The van der Waals surface area contributed by atoms with Crippen molar-refractivity contribution < 1.29 is 9.53 Å². The number of rotatable bonds is 5. The molecule has 1 atom stereocenters. The summed E-state index contributed by atoms with van der Waals surface area (Å²) < 4.78 is 5.69. The molecule has 22 heavy (non-hydrogen) atoms. The first-order chi connectivity index (χ1) is 10.4. The number of ether oxygens (including phenoxy) is 1. The Morgan fingerprint density at radius 2 is 2.00 bits per heavy atom. The van der Waals surface area contributed by atoms with Gasteiger partial charge in [-0.3, -0.25) is 9.69 Å². The number of morpholine rings is 1. The molecular formula is C18H28N2O2. The second kappa shape index (κ2) is 7.25. The first kappa shape index (κ1) is 17.0. The van der Waals surface area contributed by atoms with Crippen LogP contribution in [-0.2, 0) is 9.53 Å². The van der Waals surface area contributed by atoms with Crippen LogP contribution in [0.3, 0.4) is 0 Å². The molecule has 1 N–H and O–H groups in total. The van der Waals surface area contributed by atoms with Gasteiger partial charge in [0.15, 0.2) is 0 Å². The van der Waals surface area contributed by atoms with E-state index in [-0.39, 0.29) is 17.6 Å². The van der Waals surface area contributed by atoms with Crippen LogP contribution in [0.15, 0.2) is 30.3 Å². The Hall–Kier alpha value is -1.39. The third kappa shape index (κ3) is 4.82. The standard InChI is InChI=1S/C18H28N2O2/c1-14(2)17(15-8-6-5-7-9-15)19-16(21)12-20-10-11-22-18(3,4)13-20/h5-9,14,17H,10-13H2,1-4H3,(H,19,21). The highest BCUT2D eigenvalue weighted by Gasteiger charge is 2.28. The third-order valence-electron chi connectivity index (χ3n) is 4.01. The minimum Gasteiger partial charge on any atom is -0.373 e. The number of hydrogen-bond acceptors (Lipinski definition) is 3. The lowest BCUT2D eigenvalue weighted by atomic mass is 9.96. The van der Waals surface area contributed by atoms with E-state index in [1.165, 1.54) is 0 Å². The highest BCUT2D eigenvalue weighted by Crippen LogP contribution is 2.21. The molecule has 1 aromatic rings. The Labute approximate surface area is 133 Å². The normalized spacial score (nSPS) is 19.9. The number of carbonyl (C=O) groups excluding carboxylic acids is 1. The molecule has 0 aliphatic carbocycles. The number of nitrogens with one attached hydrogen (secondary N) is 1. The second-order valence-electron chi connectivity index (χ2n) is 7.02. The predicted octanol–water partition coefficient (Wildman–Crippen LogP) is 2.61. The lowest BCUT2D eigenvalue weighted by Gasteiger charge is -2.38. The van der Waals surface area contributed by atoms with Crippen molar-refractivity contribution in [3.63, 3.8) is 0 Å². The van der Waals surface area contributed by atoms with Crippen molar-refractivity contribution in [1.29, 1.82) is 0 Å². The Kier molecular flexibility index (Phi) is 5.59. The van der Waals surface area contributed by atoms with Gasteiger partial charge in [0.25, 0.3) is 0 Å². The fourth-order valence-corrected chi connectivity index (χ4v) is 2.97. The number of hydrogen-bond donors (Lipinski definition) is 1. The van der Waals surface area contributed by atoms with Gasteiger partial charge >= 0.3 is 0 Å². The summed E-state index contributed by atoms with van der Waals surface area (Å²) in [5.41, 5.74) is 0.989. The molecule has 1 heterocycles. The molecule has 122 valence electrons. The smallest absolute Gasteiger partial charge is 0.234 e. The Morgan fingerprint density at radius 1 is 1.32 bits per heavy atom. The molecule has 1 aliphatic rings.